The van der Waals surface area contributed by atoms with E-state index in [1.165, 1.54) is 11.3 Å². The minimum atomic E-state index is 0.00458. The zero-order valence-corrected chi connectivity index (χ0v) is 17.1. The second kappa shape index (κ2) is 7.68. The molecular formula is C22H30N4O2. The number of benzene rings is 1. The Morgan fingerprint density at radius 3 is 2.82 bits per heavy atom. The molecule has 0 radical (unpaired) electrons. The predicted molar refractivity (Wildman–Crippen MR) is 108 cm³/mol. The number of nitrogens with one attached hydrogen (secondary N) is 1. The van der Waals surface area contributed by atoms with Gasteiger partial charge in [0.25, 0.3) is 0 Å². The number of carbonyl (C=O) groups is 1. The molecule has 1 atom stereocenters. The molecule has 1 aromatic carbocycles. The summed E-state index contributed by atoms with van der Waals surface area (Å²) < 4.78 is 2.03. The van der Waals surface area contributed by atoms with Crippen LogP contribution < -0.4 is 5.32 Å². The van der Waals surface area contributed by atoms with Gasteiger partial charge < -0.3 is 5.32 Å². The Bertz CT molecular complexity index is 835. The first-order valence-corrected chi connectivity index (χ1v) is 10.2. The maximum Gasteiger partial charge on any atom is 0.221 e. The van der Waals surface area contributed by atoms with Gasteiger partial charge in [-0.25, -0.2) is 4.68 Å². The van der Waals surface area contributed by atoms with Crippen molar-refractivity contribution < 1.29 is 9.63 Å². The van der Waals surface area contributed by atoms with Crippen LogP contribution in [0.5, 0.6) is 0 Å². The molecule has 1 aliphatic carbocycles. The summed E-state index contributed by atoms with van der Waals surface area (Å²) in [6.45, 7) is 8.94. The number of rotatable bonds is 5. The number of carbonyl (C=O) groups excluding carboxylic acids is 1. The number of fused-ring (bicyclic) bond motifs is 1. The lowest BCUT2D eigenvalue weighted by molar-refractivity contribution is -0.131. The topological polar surface area (TPSA) is 59.4 Å². The van der Waals surface area contributed by atoms with Crippen LogP contribution >= 0.6 is 0 Å². The van der Waals surface area contributed by atoms with Crippen molar-refractivity contribution in [3.05, 3.63) is 47.3 Å². The maximum absolute atomic E-state index is 12.6. The lowest BCUT2D eigenvalue weighted by Gasteiger charge is -2.36. The number of hydroxylamine groups is 2. The zero-order chi connectivity index (χ0) is 19.7. The van der Waals surface area contributed by atoms with Crippen LogP contribution in [-0.2, 0) is 16.1 Å². The summed E-state index contributed by atoms with van der Waals surface area (Å²) >= 11 is 0. The van der Waals surface area contributed by atoms with E-state index in [1.807, 2.05) is 15.9 Å². The highest BCUT2D eigenvalue weighted by Crippen LogP contribution is 2.41. The van der Waals surface area contributed by atoms with Gasteiger partial charge in [0, 0.05) is 25.1 Å². The standard InChI is InChI=1S/C22H30N4O2/c1-16-5-7-17(8-6-16)26-20-14-22(2,3)13-19(18(20)15-23-26)24-21(27)9-11-25-10-4-12-28-25/h5-8,15,19H,4,9-14H2,1-3H3,(H,24,27)/t19-/m0/s1. The number of hydrogen-bond acceptors (Lipinski definition) is 4. The maximum atomic E-state index is 12.6. The first-order chi connectivity index (χ1) is 13.4. The molecule has 0 saturated carbocycles. The van der Waals surface area contributed by atoms with Crippen LogP contribution in [0.15, 0.2) is 30.5 Å². The molecule has 0 unspecified atom stereocenters. The minimum absolute atomic E-state index is 0.00458. The summed E-state index contributed by atoms with van der Waals surface area (Å²) in [4.78, 5) is 18.1. The molecule has 1 amide bonds. The van der Waals surface area contributed by atoms with Gasteiger partial charge in [0.05, 0.1) is 30.2 Å². The van der Waals surface area contributed by atoms with E-state index in [2.05, 4.69) is 55.5 Å². The third-order valence-corrected chi connectivity index (χ3v) is 5.71. The number of hydrogen-bond donors (Lipinski definition) is 1. The smallest absolute Gasteiger partial charge is 0.221 e. The van der Waals surface area contributed by atoms with E-state index >= 15 is 0 Å². The highest BCUT2D eigenvalue weighted by atomic mass is 16.7. The molecule has 150 valence electrons. The van der Waals surface area contributed by atoms with Crippen molar-refractivity contribution in [3.63, 3.8) is 0 Å². The van der Waals surface area contributed by atoms with Crippen molar-refractivity contribution in [1.29, 1.82) is 0 Å². The number of aromatic nitrogens is 2. The normalized spacial score (nSPS) is 21.5. The Hall–Kier alpha value is -2.18. The van der Waals surface area contributed by atoms with Crippen molar-refractivity contribution in [2.45, 2.75) is 52.5 Å². The zero-order valence-electron chi connectivity index (χ0n) is 17.1. The third-order valence-electron chi connectivity index (χ3n) is 5.71. The van der Waals surface area contributed by atoms with E-state index in [0.29, 0.717) is 13.0 Å². The molecule has 1 saturated heterocycles. The van der Waals surface area contributed by atoms with Crippen LogP contribution in [0, 0.1) is 12.3 Å². The van der Waals surface area contributed by atoms with E-state index in [1.54, 1.807) is 0 Å². The Morgan fingerprint density at radius 1 is 1.32 bits per heavy atom. The predicted octanol–water partition coefficient (Wildman–Crippen LogP) is 3.34. The number of aryl methyl sites for hydroxylation is 1. The quantitative estimate of drug-likeness (QED) is 0.862. The third kappa shape index (κ3) is 4.13. The Balaban J connectivity index is 1.52. The number of amides is 1. The fourth-order valence-corrected chi connectivity index (χ4v) is 4.25. The summed E-state index contributed by atoms with van der Waals surface area (Å²) in [5, 5.41) is 9.82. The fraction of sp³-hybridized carbons (Fsp3) is 0.545. The Kier molecular flexibility index (Phi) is 5.25. The van der Waals surface area contributed by atoms with Crippen molar-refractivity contribution >= 4 is 5.91 Å². The summed E-state index contributed by atoms with van der Waals surface area (Å²) in [6.07, 6.45) is 5.30. The summed E-state index contributed by atoms with van der Waals surface area (Å²) in [6, 6.07) is 8.43. The van der Waals surface area contributed by atoms with Crippen molar-refractivity contribution in [2.75, 3.05) is 19.7 Å². The molecule has 6 nitrogen and oxygen atoms in total. The molecular weight excluding hydrogens is 352 g/mol. The SMILES string of the molecule is Cc1ccc(-n2ncc3c2CC(C)(C)C[C@@H]3NC(=O)CCN2CCCO2)cc1. The summed E-state index contributed by atoms with van der Waals surface area (Å²) in [5.74, 6) is 0.0761. The second-order valence-corrected chi connectivity index (χ2v) is 8.82. The van der Waals surface area contributed by atoms with Crippen LogP contribution in [0.25, 0.3) is 5.69 Å². The lowest BCUT2D eigenvalue weighted by atomic mass is 9.74. The molecule has 2 aromatic rings. The van der Waals surface area contributed by atoms with Gasteiger partial charge in [0.15, 0.2) is 0 Å². The van der Waals surface area contributed by atoms with E-state index in [4.69, 9.17) is 4.84 Å². The molecule has 1 aromatic heterocycles. The second-order valence-electron chi connectivity index (χ2n) is 8.82. The molecule has 0 bridgehead atoms. The first-order valence-electron chi connectivity index (χ1n) is 10.2. The molecule has 1 N–H and O–H groups in total. The van der Waals surface area contributed by atoms with Gasteiger partial charge in [-0.2, -0.15) is 10.2 Å². The van der Waals surface area contributed by atoms with Gasteiger partial charge in [0.1, 0.15) is 0 Å². The van der Waals surface area contributed by atoms with Gasteiger partial charge >= 0.3 is 0 Å². The van der Waals surface area contributed by atoms with Gasteiger partial charge in [-0.1, -0.05) is 31.5 Å². The molecule has 2 heterocycles. The fourth-order valence-electron chi connectivity index (χ4n) is 4.25. The minimum Gasteiger partial charge on any atom is -0.349 e. The monoisotopic (exact) mass is 382 g/mol. The largest absolute Gasteiger partial charge is 0.349 e. The van der Waals surface area contributed by atoms with Crippen molar-refractivity contribution in [3.8, 4) is 5.69 Å². The van der Waals surface area contributed by atoms with E-state index in [0.717, 1.165) is 43.7 Å². The van der Waals surface area contributed by atoms with Gasteiger partial charge in [-0.05, 0) is 43.7 Å². The molecule has 6 heteroatoms. The molecule has 2 aliphatic rings. The highest BCUT2D eigenvalue weighted by Gasteiger charge is 2.36. The van der Waals surface area contributed by atoms with Crippen LogP contribution in [0.3, 0.4) is 0 Å². The Morgan fingerprint density at radius 2 is 2.11 bits per heavy atom. The van der Waals surface area contributed by atoms with Gasteiger partial charge in [-0.3, -0.25) is 9.63 Å². The average molecular weight is 383 g/mol. The van der Waals surface area contributed by atoms with Crippen LogP contribution in [0.4, 0.5) is 0 Å². The van der Waals surface area contributed by atoms with Crippen molar-refractivity contribution in [2.24, 2.45) is 5.41 Å². The van der Waals surface area contributed by atoms with Crippen LogP contribution in [0.1, 0.15) is 56.0 Å². The number of nitrogens with zero attached hydrogens (tertiary/aromatic N) is 3. The van der Waals surface area contributed by atoms with E-state index in [9.17, 15) is 4.79 Å². The summed E-state index contributed by atoms with van der Waals surface area (Å²) in [5.41, 5.74) is 4.75. The average Bonchev–Trinajstić information content (AvgIpc) is 3.29. The summed E-state index contributed by atoms with van der Waals surface area (Å²) in [7, 11) is 0. The van der Waals surface area contributed by atoms with E-state index in [-0.39, 0.29) is 17.4 Å². The lowest BCUT2D eigenvalue weighted by Crippen LogP contribution is -2.37. The molecule has 28 heavy (non-hydrogen) atoms. The van der Waals surface area contributed by atoms with Gasteiger partial charge in [-0.15, -0.1) is 0 Å². The van der Waals surface area contributed by atoms with E-state index < -0.39 is 0 Å². The van der Waals surface area contributed by atoms with Crippen LogP contribution in [-0.4, -0.2) is 40.4 Å². The highest BCUT2D eigenvalue weighted by molar-refractivity contribution is 5.76. The van der Waals surface area contributed by atoms with Gasteiger partial charge in [0.2, 0.25) is 5.91 Å². The molecule has 4 rings (SSSR count). The van der Waals surface area contributed by atoms with Crippen molar-refractivity contribution in [1.82, 2.24) is 20.2 Å². The first kappa shape index (κ1) is 19.2. The molecule has 1 fully saturated rings. The molecule has 1 aliphatic heterocycles. The Labute approximate surface area is 166 Å². The van der Waals surface area contributed by atoms with Crippen LogP contribution in [0.2, 0.25) is 0 Å². The molecule has 0 spiro atoms.